The van der Waals surface area contributed by atoms with Crippen LogP contribution in [0.15, 0.2) is 60.7 Å². The topological polar surface area (TPSA) is 124 Å². The van der Waals surface area contributed by atoms with Gasteiger partial charge in [-0.05, 0) is 55.0 Å². The molecule has 0 radical (unpaired) electrons. The van der Waals surface area contributed by atoms with Gasteiger partial charge in [0.1, 0.15) is 5.82 Å². The largest absolute Gasteiger partial charge is 0.465 e. The lowest BCUT2D eigenvalue weighted by molar-refractivity contribution is 0.0996. The Morgan fingerprint density at radius 2 is 1.72 bits per heavy atom. The maximum absolute atomic E-state index is 13.5. The number of carbonyl (C=O) groups is 3. The molecule has 4 N–H and O–H groups in total. The van der Waals surface area contributed by atoms with Gasteiger partial charge in [0.25, 0.3) is 5.91 Å². The van der Waals surface area contributed by atoms with Crippen molar-refractivity contribution in [2.75, 3.05) is 10.6 Å². The summed E-state index contributed by atoms with van der Waals surface area (Å²) < 4.78 is 13.5. The van der Waals surface area contributed by atoms with Crippen LogP contribution in [0, 0.1) is 12.7 Å². The predicted molar refractivity (Wildman–Crippen MR) is 117 cm³/mol. The lowest BCUT2D eigenvalue weighted by Gasteiger charge is -2.10. The van der Waals surface area contributed by atoms with Crippen LogP contribution in [0.3, 0.4) is 0 Å². The molecule has 1 aromatic heterocycles. The van der Waals surface area contributed by atoms with E-state index in [2.05, 4.69) is 20.6 Å². The van der Waals surface area contributed by atoms with Gasteiger partial charge in [-0.1, -0.05) is 18.2 Å². The molecular formula is C23H17FN4O4. The van der Waals surface area contributed by atoms with E-state index in [4.69, 9.17) is 5.11 Å². The number of anilines is 2. The van der Waals surface area contributed by atoms with Gasteiger partial charge >= 0.3 is 6.09 Å². The molecule has 1 heterocycles. The molecule has 9 heteroatoms. The molecule has 8 nitrogen and oxygen atoms in total. The van der Waals surface area contributed by atoms with Crippen LogP contribution >= 0.6 is 0 Å². The Kier molecular flexibility index (Phi) is 5.38. The number of nitrogens with one attached hydrogen (secondary N) is 3. The van der Waals surface area contributed by atoms with Crippen LogP contribution in [0.1, 0.15) is 31.8 Å². The smallest absolute Gasteiger partial charge is 0.411 e. The molecule has 4 rings (SSSR count). The molecule has 4 aromatic rings. The molecule has 0 fully saturated rings. The summed E-state index contributed by atoms with van der Waals surface area (Å²) in [4.78, 5) is 43.7. The van der Waals surface area contributed by atoms with Gasteiger partial charge in [-0.3, -0.25) is 14.9 Å². The van der Waals surface area contributed by atoms with Gasteiger partial charge in [0, 0.05) is 16.8 Å². The van der Waals surface area contributed by atoms with E-state index in [-0.39, 0.29) is 22.9 Å². The van der Waals surface area contributed by atoms with E-state index >= 15 is 0 Å². The highest BCUT2D eigenvalue weighted by Gasteiger charge is 2.19. The Labute approximate surface area is 181 Å². The van der Waals surface area contributed by atoms with Crippen molar-refractivity contribution in [2.45, 2.75) is 6.92 Å². The molecule has 0 spiro atoms. The summed E-state index contributed by atoms with van der Waals surface area (Å²) in [6, 6.07) is 15.2. The highest BCUT2D eigenvalue weighted by atomic mass is 19.1. The number of H-pyrrole nitrogens is 1. The van der Waals surface area contributed by atoms with Gasteiger partial charge < -0.3 is 15.4 Å². The number of halogens is 1. The summed E-state index contributed by atoms with van der Waals surface area (Å²) in [7, 11) is 0. The zero-order valence-corrected chi connectivity index (χ0v) is 16.8. The van der Waals surface area contributed by atoms with Crippen molar-refractivity contribution < 1.29 is 23.9 Å². The number of aromatic amines is 1. The SMILES string of the molecule is Cc1cc(NC(=O)c2ccccc2C(=O)c2ccc3nc(NC(=O)O)[nH]c3c2)ccc1F. The Morgan fingerprint density at radius 3 is 2.44 bits per heavy atom. The minimum Gasteiger partial charge on any atom is -0.465 e. The van der Waals surface area contributed by atoms with E-state index in [9.17, 15) is 18.8 Å². The molecule has 0 aliphatic heterocycles. The zero-order valence-electron chi connectivity index (χ0n) is 16.8. The van der Waals surface area contributed by atoms with Crippen molar-refractivity contribution in [1.82, 2.24) is 9.97 Å². The number of nitrogens with zero attached hydrogens (tertiary/aromatic N) is 1. The maximum atomic E-state index is 13.5. The monoisotopic (exact) mass is 432 g/mol. The number of carbonyl (C=O) groups excluding carboxylic acids is 2. The number of imidazole rings is 1. The average molecular weight is 432 g/mol. The molecule has 0 aliphatic carbocycles. The number of aryl methyl sites for hydroxylation is 1. The number of fused-ring (bicyclic) bond motifs is 1. The van der Waals surface area contributed by atoms with Crippen molar-refractivity contribution in [2.24, 2.45) is 0 Å². The first-order valence-corrected chi connectivity index (χ1v) is 9.53. The third kappa shape index (κ3) is 4.17. The zero-order chi connectivity index (χ0) is 22.8. The van der Waals surface area contributed by atoms with Crippen LogP contribution in [0.25, 0.3) is 11.0 Å². The predicted octanol–water partition coefficient (Wildman–Crippen LogP) is 4.58. The lowest BCUT2D eigenvalue weighted by atomic mass is 9.97. The molecular weight excluding hydrogens is 415 g/mol. The molecule has 0 saturated carbocycles. The Balaban J connectivity index is 1.64. The first-order valence-electron chi connectivity index (χ1n) is 9.53. The van der Waals surface area contributed by atoms with Crippen LogP contribution in [0.4, 0.5) is 20.8 Å². The number of hydrogen-bond donors (Lipinski definition) is 4. The third-order valence-corrected chi connectivity index (χ3v) is 4.80. The van der Waals surface area contributed by atoms with Gasteiger partial charge in [-0.25, -0.2) is 14.2 Å². The number of carboxylic acid groups (broad SMARTS) is 1. The molecule has 32 heavy (non-hydrogen) atoms. The summed E-state index contributed by atoms with van der Waals surface area (Å²) in [6.45, 7) is 1.59. The second-order valence-electron chi connectivity index (χ2n) is 7.04. The molecule has 160 valence electrons. The lowest BCUT2D eigenvalue weighted by Crippen LogP contribution is -2.17. The van der Waals surface area contributed by atoms with Crippen molar-refractivity contribution in [3.05, 3.63) is 88.7 Å². The number of amides is 2. The number of hydrogen-bond acceptors (Lipinski definition) is 4. The number of rotatable bonds is 5. The van der Waals surface area contributed by atoms with Crippen molar-refractivity contribution in [3.63, 3.8) is 0 Å². The highest BCUT2D eigenvalue weighted by Crippen LogP contribution is 2.21. The molecule has 0 aliphatic rings. The Morgan fingerprint density at radius 1 is 0.969 bits per heavy atom. The van der Waals surface area contributed by atoms with Gasteiger partial charge in [-0.15, -0.1) is 0 Å². The first-order chi connectivity index (χ1) is 15.3. The summed E-state index contributed by atoms with van der Waals surface area (Å²) in [5.41, 5.74) is 2.38. The van der Waals surface area contributed by atoms with Crippen LogP contribution < -0.4 is 10.6 Å². The summed E-state index contributed by atoms with van der Waals surface area (Å²) >= 11 is 0. The first kappa shape index (κ1) is 20.7. The maximum Gasteiger partial charge on any atom is 0.411 e. The average Bonchev–Trinajstić information content (AvgIpc) is 3.16. The van der Waals surface area contributed by atoms with E-state index in [1.165, 1.54) is 30.3 Å². The van der Waals surface area contributed by atoms with Gasteiger partial charge in [0.2, 0.25) is 5.95 Å². The van der Waals surface area contributed by atoms with E-state index < -0.39 is 17.8 Å². The summed E-state index contributed by atoms with van der Waals surface area (Å²) in [6.07, 6.45) is -1.27. The number of benzene rings is 3. The van der Waals surface area contributed by atoms with E-state index in [1.54, 1.807) is 37.3 Å². The second-order valence-corrected chi connectivity index (χ2v) is 7.04. The fraction of sp³-hybridized carbons (Fsp3) is 0.0435. The van der Waals surface area contributed by atoms with Crippen LogP contribution in [0.2, 0.25) is 0 Å². The Hall–Kier alpha value is -4.53. The normalized spacial score (nSPS) is 10.7. The quantitative estimate of drug-likeness (QED) is 0.344. The standard InChI is InChI=1S/C23H17FN4O4/c1-12-10-14(7-8-17(12)24)25-21(30)16-5-3-2-4-15(16)20(29)13-6-9-18-19(11-13)27-22(26-18)28-23(31)32/h2-11H,1H3,(H,25,30)(H,31,32)(H2,26,27,28). The van der Waals surface area contributed by atoms with Crippen molar-refractivity contribution >= 4 is 40.5 Å². The van der Waals surface area contributed by atoms with Crippen LogP contribution in [0.5, 0.6) is 0 Å². The van der Waals surface area contributed by atoms with E-state index in [0.717, 1.165) is 0 Å². The summed E-state index contributed by atoms with van der Waals surface area (Å²) in [5.74, 6) is -1.24. The molecule has 0 unspecified atom stereocenters. The molecule has 0 saturated heterocycles. The van der Waals surface area contributed by atoms with Gasteiger partial charge in [0.15, 0.2) is 5.78 Å². The van der Waals surface area contributed by atoms with E-state index in [0.29, 0.717) is 27.8 Å². The minimum atomic E-state index is -1.27. The van der Waals surface area contributed by atoms with E-state index in [1.807, 2.05) is 0 Å². The highest BCUT2D eigenvalue weighted by molar-refractivity contribution is 6.18. The fourth-order valence-electron chi connectivity index (χ4n) is 3.27. The fourth-order valence-corrected chi connectivity index (χ4v) is 3.27. The van der Waals surface area contributed by atoms with Crippen molar-refractivity contribution in [3.8, 4) is 0 Å². The number of aromatic nitrogens is 2. The third-order valence-electron chi connectivity index (χ3n) is 4.80. The van der Waals surface area contributed by atoms with Crippen molar-refractivity contribution in [1.29, 1.82) is 0 Å². The second kappa shape index (κ2) is 8.31. The number of ketones is 1. The Bertz CT molecular complexity index is 1380. The van der Waals surface area contributed by atoms with Crippen LogP contribution in [-0.4, -0.2) is 32.9 Å². The molecule has 0 bridgehead atoms. The van der Waals surface area contributed by atoms with Gasteiger partial charge in [-0.2, -0.15) is 0 Å². The van der Waals surface area contributed by atoms with Gasteiger partial charge in [0.05, 0.1) is 16.6 Å². The molecule has 3 aromatic carbocycles. The molecule has 0 atom stereocenters. The minimum absolute atomic E-state index is 0.0338. The molecule has 2 amide bonds. The van der Waals surface area contributed by atoms with Crippen LogP contribution in [-0.2, 0) is 0 Å². The summed E-state index contributed by atoms with van der Waals surface area (Å²) in [5, 5.41) is 13.6.